The van der Waals surface area contributed by atoms with Gasteiger partial charge in [-0.2, -0.15) is 4.37 Å². The van der Waals surface area contributed by atoms with E-state index in [1.54, 1.807) is 11.5 Å². The minimum atomic E-state index is 0.143. The number of aromatic nitrogens is 1. The van der Waals surface area contributed by atoms with Crippen molar-refractivity contribution < 1.29 is 0 Å². The van der Waals surface area contributed by atoms with Crippen LogP contribution in [0.3, 0.4) is 0 Å². The summed E-state index contributed by atoms with van der Waals surface area (Å²) < 4.78 is 4.56. The molecule has 2 rings (SSSR count). The van der Waals surface area contributed by atoms with Gasteiger partial charge in [-0.1, -0.05) is 12.1 Å². The van der Waals surface area contributed by atoms with E-state index >= 15 is 0 Å². The van der Waals surface area contributed by atoms with Crippen LogP contribution in [0, 0.1) is 13.8 Å². The van der Waals surface area contributed by atoms with E-state index in [2.05, 4.69) is 68.6 Å². The third-order valence-corrected chi connectivity index (χ3v) is 3.94. The standard InChI is InChI=1S/C16H22N2S/c1-11-6-7-13(8-12(11)2)15-9-14(19-18-15)10-17-16(3,4)5/h6-9,17H,10H2,1-5H3. The van der Waals surface area contributed by atoms with Gasteiger partial charge in [0.05, 0.1) is 5.69 Å². The first-order chi connectivity index (χ1) is 8.85. The zero-order valence-electron chi connectivity index (χ0n) is 12.4. The Kier molecular flexibility index (Phi) is 4.07. The lowest BCUT2D eigenvalue weighted by Crippen LogP contribution is -2.34. The molecule has 0 atom stereocenters. The summed E-state index contributed by atoms with van der Waals surface area (Å²) in [5.74, 6) is 0. The van der Waals surface area contributed by atoms with Crippen LogP contribution < -0.4 is 5.32 Å². The van der Waals surface area contributed by atoms with Crippen molar-refractivity contribution >= 4 is 11.5 Å². The SMILES string of the molecule is Cc1ccc(-c2cc(CNC(C)(C)C)sn2)cc1C. The van der Waals surface area contributed by atoms with Gasteiger partial charge < -0.3 is 5.32 Å². The molecule has 1 N–H and O–H groups in total. The van der Waals surface area contributed by atoms with E-state index in [0.29, 0.717) is 0 Å². The predicted octanol–water partition coefficient (Wildman–Crippen LogP) is 4.32. The van der Waals surface area contributed by atoms with Crippen LogP contribution in [0.15, 0.2) is 24.3 Å². The molecule has 0 saturated heterocycles. The highest BCUT2D eigenvalue weighted by Gasteiger charge is 2.11. The Morgan fingerprint density at radius 3 is 2.47 bits per heavy atom. The van der Waals surface area contributed by atoms with E-state index in [9.17, 15) is 0 Å². The fraction of sp³-hybridized carbons (Fsp3) is 0.438. The predicted molar refractivity (Wildman–Crippen MR) is 83.6 cm³/mol. The number of nitrogens with one attached hydrogen (secondary N) is 1. The van der Waals surface area contributed by atoms with Gasteiger partial charge in [-0.15, -0.1) is 0 Å². The second-order valence-electron chi connectivity index (χ2n) is 6.08. The fourth-order valence-electron chi connectivity index (χ4n) is 1.79. The zero-order valence-corrected chi connectivity index (χ0v) is 13.2. The van der Waals surface area contributed by atoms with Crippen LogP contribution in [-0.2, 0) is 6.54 Å². The minimum Gasteiger partial charge on any atom is -0.307 e. The highest BCUT2D eigenvalue weighted by atomic mass is 32.1. The molecule has 0 aliphatic heterocycles. The van der Waals surface area contributed by atoms with Gasteiger partial charge in [0.15, 0.2) is 0 Å². The monoisotopic (exact) mass is 274 g/mol. The minimum absolute atomic E-state index is 0.143. The highest BCUT2D eigenvalue weighted by Crippen LogP contribution is 2.24. The molecule has 0 bridgehead atoms. The van der Waals surface area contributed by atoms with Gasteiger partial charge >= 0.3 is 0 Å². The van der Waals surface area contributed by atoms with Crippen molar-refractivity contribution in [1.29, 1.82) is 0 Å². The smallest absolute Gasteiger partial charge is 0.0844 e. The molecule has 19 heavy (non-hydrogen) atoms. The summed E-state index contributed by atoms with van der Waals surface area (Å²) in [7, 11) is 0. The molecule has 3 heteroatoms. The molecular weight excluding hydrogens is 252 g/mol. The van der Waals surface area contributed by atoms with E-state index in [0.717, 1.165) is 12.2 Å². The van der Waals surface area contributed by atoms with Gasteiger partial charge in [0.2, 0.25) is 0 Å². The molecule has 0 radical (unpaired) electrons. The van der Waals surface area contributed by atoms with Crippen LogP contribution in [-0.4, -0.2) is 9.91 Å². The van der Waals surface area contributed by atoms with Gasteiger partial charge in [-0.25, -0.2) is 0 Å². The summed E-state index contributed by atoms with van der Waals surface area (Å²) in [5.41, 5.74) is 5.08. The van der Waals surface area contributed by atoms with Crippen molar-refractivity contribution in [2.45, 2.75) is 46.7 Å². The van der Waals surface area contributed by atoms with Gasteiger partial charge in [0, 0.05) is 22.5 Å². The summed E-state index contributed by atoms with van der Waals surface area (Å²) in [4.78, 5) is 1.28. The van der Waals surface area contributed by atoms with Crippen molar-refractivity contribution in [2.75, 3.05) is 0 Å². The van der Waals surface area contributed by atoms with Crippen LogP contribution in [0.1, 0.15) is 36.8 Å². The average molecular weight is 274 g/mol. The van der Waals surface area contributed by atoms with Crippen LogP contribution in [0.25, 0.3) is 11.3 Å². The maximum absolute atomic E-state index is 4.56. The number of rotatable bonds is 3. The lowest BCUT2D eigenvalue weighted by atomic mass is 10.0. The Morgan fingerprint density at radius 2 is 1.84 bits per heavy atom. The summed E-state index contributed by atoms with van der Waals surface area (Å²) in [6.45, 7) is 11.7. The van der Waals surface area contributed by atoms with Crippen molar-refractivity contribution in [3.8, 4) is 11.3 Å². The largest absolute Gasteiger partial charge is 0.307 e. The van der Waals surface area contributed by atoms with Crippen molar-refractivity contribution in [3.05, 3.63) is 40.3 Å². The topological polar surface area (TPSA) is 24.9 Å². The second-order valence-corrected chi connectivity index (χ2v) is 6.97. The Labute approximate surface area is 120 Å². The third kappa shape index (κ3) is 3.88. The zero-order chi connectivity index (χ0) is 14.0. The van der Waals surface area contributed by atoms with Gasteiger partial charge in [-0.05, 0) is 69.4 Å². The molecule has 0 saturated carbocycles. The van der Waals surface area contributed by atoms with E-state index in [-0.39, 0.29) is 5.54 Å². The van der Waals surface area contributed by atoms with Crippen molar-refractivity contribution in [3.63, 3.8) is 0 Å². The molecule has 1 aromatic heterocycles. The summed E-state index contributed by atoms with van der Waals surface area (Å²) in [6, 6.07) is 8.72. The maximum Gasteiger partial charge on any atom is 0.0844 e. The molecule has 2 aromatic rings. The van der Waals surface area contributed by atoms with E-state index in [1.165, 1.54) is 21.6 Å². The van der Waals surface area contributed by atoms with Gasteiger partial charge in [0.1, 0.15) is 0 Å². The molecule has 0 unspecified atom stereocenters. The Bertz CT molecular complexity index is 564. The summed E-state index contributed by atoms with van der Waals surface area (Å²) in [5, 5.41) is 3.49. The van der Waals surface area contributed by atoms with Crippen molar-refractivity contribution in [1.82, 2.24) is 9.69 Å². The van der Waals surface area contributed by atoms with Crippen LogP contribution >= 0.6 is 11.5 Å². The number of hydrogen-bond donors (Lipinski definition) is 1. The highest BCUT2D eigenvalue weighted by molar-refractivity contribution is 7.06. The van der Waals surface area contributed by atoms with Gasteiger partial charge in [-0.3, -0.25) is 0 Å². The molecular formula is C16H22N2S. The molecule has 0 amide bonds. The first-order valence-electron chi connectivity index (χ1n) is 6.63. The number of nitrogens with zero attached hydrogens (tertiary/aromatic N) is 1. The number of aryl methyl sites for hydroxylation is 2. The normalized spacial score (nSPS) is 11.8. The molecule has 102 valence electrons. The first kappa shape index (κ1) is 14.2. The van der Waals surface area contributed by atoms with E-state index in [4.69, 9.17) is 0 Å². The lowest BCUT2D eigenvalue weighted by molar-refractivity contribution is 0.426. The molecule has 1 heterocycles. The average Bonchev–Trinajstić information content (AvgIpc) is 2.78. The summed E-state index contributed by atoms with van der Waals surface area (Å²) in [6.07, 6.45) is 0. The summed E-state index contributed by atoms with van der Waals surface area (Å²) >= 11 is 1.58. The van der Waals surface area contributed by atoms with E-state index in [1.807, 2.05) is 0 Å². The third-order valence-electron chi connectivity index (χ3n) is 3.15. The van der Waals surface area contributed by atoms with Crippen LogP contribution in [0.4, 0.5) is 0 Å². The molecule has 0 aliphatic rings. The fourth-order valence-corrected chi connectivity index (χ4v) is 2.46. The molecule has 2 nitrogen and oxygen atoms in total. The quantitative estimate of drug-likeness (QED) is 0.902. The Morgan fingerprint density at radius 1 is 1.11 bits per heavy atom. The second kappa shape index (κ2) is 5.43. The number of hydrogen-bond acceptors (Lipinski definition) is 3. The molecule has 0 fully saturated rings. The molecule has 0 aliphatic carbocycles. The van der Waals surface area contributed by atoms with Crippen LogP contribution in [0.5, 0.6) is 0 Å². The first-order valence-corrected chi connectivity index (χ1v) is 7.41. The van der Waals surface area contributed by atoms with Crippen LogP contribution in [0.2, 0.25) is 0 Å². The van der Waals surface area contributed by atoms with Gasteiger partial charge in [0.25, 0.3) is 0 Å². The maximum atomic E-state index is 4.56. The Hall–Kier alpha value is -1.19. The number of benzene rings is 1. The lowest BCUT2D eigenvalue weighted by Gasteiger charge is -2.19. The van der Waals surface area contributed by atoms with E-state index < -0.39 is 0 Å². The molecule has 1 aromatic carbocycles. The van der Waals surface area contributed by atoms with Crippen molar-refractivity contribution in [2.24, 2.45) is 0 Å². The molecule has 0 spiro atoms. The Balaban J connectivity index is 2.14.